The standard InChI is InChI=1S/C18H20BrF3N4O/c1-27-15-5-4-12(7-14(15)19)9-26-6-2-3-13(10-26)25-17-8-16(18(20,21)22)23-11-24-17/h4-5,7-8,11,13H,2-3,6,9-10H2,1H3,(H,23,24,25). The maximum Gasteiger partial charge on any atom is 0.433 e. The zero-order valence-corrected chi connectivity index (χ0v) is 16.3. The number of nitrogens with one attached hydrogen (secondary N) is 1. The van der Waals surface area contributed by atoms with Gasteiger partial charge in [0, 0.05) is 25.2 Å². The number of likely N-dealkylation sites (tertiary alicyclic amines) is 1. The summed E-state index contributed by atoms with van der Waals surface area (Å²) in [5.74, 6) is 0.984. The quantitative estimate of drug-likeness (QED) is 0.742. The van der Waals surface area contributed by atoms with Crippen molar-refractivity contribution in [2.45, 2.75) is 31.6 Å². The van der Waals surface area contributed by atoms with E-state index in [0.29, 0.717) is 0 Å². The Hall–Kier alpha value is -1.87. The number of hydrogen-bond donors (Lipinski definition) is 1. The number of benzene rings is 1. The molecule has 27 heavy (non-hydrogen) atoms. The molecule has 0 aliphatic carbocycles. The van der Waals surface area contributed by atoms with Gasteiger partial charge in [-0.3, -0.25) is 4.90 Å². The van der Waals surface area contributed by atoms with Gasteiger partial charge < -0.3 is 10.1 Å². The van der Waals surface area contributed by atoms with Gasteiger partial charge in [-0.05, 0) is 53.0 Å². The van der Waals surface area contributed by atoms with Crippen LogP contribution in [0.25, 0.3) is 0 Å². The number of nitrogens with zero attached hydrogens (tertiary/aromatic N) is 3. The molecule has 1 aliphatic heterocycles. The topological polar surface area (TPSA) is 50.3 Å². The van der Waals surface area contributed by atoms with Crippen molar-refractivity contribution in [1.29, 1.82) is 0 Å². The summed E-state index contributed by atoms with van der Waals surface area (Å²) in [6.07, 6.45) is -1.68. The summed E-state index contributed by atoms with van der Waals surface area (Å²) < 4.78 is 44.5. The number of aromatic nitrogens is 2. The van der Waals surface area contributed by atoms with Crippen molar-refractivity contribution in [3.05, 3.63) is 46.3 Å². The van der Waals surface area contributed by atoms with Crippen LogP contribution in [0.4, 0.5) is 19.0 Å². The number of ether oxygens (including phenoxy) is 1. The van der Waals surface area contributed by atoms with E-state index in [4.69, 9.17) is 4.74 Å². The molecule has 0 spiro atoms. The molecule has 3 rings (SSSR count). The first kappa shape index (κ1) is 19.9. The second-order valence-corrected chi connectivity index (χ2v) is 7.33. The Morgan fingerprint density at radius 2 is 2.11 bits per heavy atom. The molecule has 2 heterocycles. The van der Waals surface area contributed by atoms with Crippen LogP contribution in [-0.4, -0.2) is 41.1 Å². The Morgan fingerprint density at radius 3 is 2.81 bits per heavy atom. The van der Waals surface area contributed by atoms with Crippen LogP contribution in [0.15, 0.2) is 35.1 Å². The molecule has 2 aromatic rings. The highest BCUT2D eigenvalue weighted by molar-refractivity contribution is 9.10. The van der Waals surface area contributed by atoms with Crippen LogP contribution in [0.1, 0.15) is 24.1 Å². The highest BCUT2D eigenvalue weighted by atomic mass is 79.9. The second-order valence-electron chi connectivity index (χ2n) is 6.47. The summed E-state index contributed by atoms with van der Waals surface area (Å²) in [6.45, 7) is 2.44. The number of piperidine rings is 1. The number of alkyl halides is 3. The van der Waals surface area contributed by atoms with Crippen molar-refractivity contribution in [2.75, 3.05) is 25.5 Å². The van der Waals surface area contributed by atoms with Crippen LogP contribution < -0.4 is 10.1 Å². The van der Waals surface area contributed by atoms with E-state index in [1.807, 2.05) is 18.2 Å². The van der Waals surface area contributed by atoms with E-state index < -0.39 is 11.9 Å². The molecule has 1 aromatic carbocycles. The number of methoxy groups -OCH3 is 1. The minimum absolute atomic E-state index is 0.0384. The van der Waals surface area contributed by atoms with Crippen LogP contribution in [0.3, 0.4) is 0 Å². The average Bonchev–Trinajstić information content (AvgIpc) is 2.62. The fraction of sp³-hybridized carbons (Fsp3) is 0.444. The van der Waals surface area contributed by atoms with Gasteiger partial charge in [-0.15, -0.1) is 0 Å². The van der Waals surface area contributed by atoms with Crippen LogP contribution >= 0.6 is 15.9 Å². The van der Waals surface area contributed by atoms with Crippen molar-refractivity contribution in [2.24, 2.45) is 0 Å². The third-order valence-electron chi connectivity index (χ3n) is 4.44. The van der Waals surface area contributed by atoms with Gasteiger partial charge in [0.05, 0.1) is 11.6 Å². The summed E-state index contributed by atoms with van der Waals surface area (Å²) in [5.41, 5.74) is 0.209. The molecule has 1 fully saturated rings. The molecule has 9 heteroatoms. The summed E-state index contributed by atoms with van der Waals surface area (Å²) in [7, 11) is 1.62. The van der Waals surface area contributed by atoms with Crippen LogP contribution in [0.2, 0.25) is 0 Å². The fourth-order valence-corrected chi connectivity index (χ4v) is 3.77. The van der Waals surface area contributed by atoms with Crippen molar-refractivity contribution < 1.29 is 17.9 Å². The summed E-state index contributed by atoms with van der Waals surface area (Å²) in [4.78, 5) is 9.50. The minimum atomic E-state index is -4.47. The Kier molecular flexibility index (Phi) is 6.21. The van der Waals surface area contributed by atoms with Gasteiger partial charge in [-0.1, -0.05) is 6.07 Å². The van der Waals surface area contributed by atoms with Crippen LogP contribution in [0, 0.1) is 0 Å². The van der Waals surface area contributed by atoms with E-state index in [9.17, 15) is 13.2 Å². The van der Waals surface area contributed by atoms with Gasteiger partial charge in [0.15, 0.2) is 0 Å². The lowest BCUT2D eigenvalue weighted by molar-refractivity contribution is -0.141. The normalized spacial score (nSPS) is 18.3. The largest absolute Gasteiger partial charge is 0.496 e. The van der Waals surface area contributed by atoms with E-state index in [1.54, 1.807) is 7.11 Å². The third-order valence-corrected chi connectivity index (χ3v) is 5.06. The SMILES string of the molecule is COc1ccc(CN2CCCC(Nc3cc(C(F)(F)F)ncn3)C2)cc1Br. The van der Waals surface area contributed by atoms with E-state index in [1.165, 1.54) is 0 Å². The third kappa shape index (κ3) is 5.32. The molecule has 1 unspecified atom stereocenters. The van der Waals surface area contributed by atoms with Gasteiger partial charge in [-0.2, -0.15) is 13.2 Å². The molecular formula is C18H20BrF3N4O. The van der Waals surface area contributed by atoms with Crippen molar-refractivity contribution in [1.82, 2.24) is 14.9 Å². The van der Waals surface area contributed by atoms with Crippen molar-refractivity contribution in [3.8, 4) is 5.75 Å². The van der Waals surface area contributed by atoms with Crippen molar-refractivity contribution >= 4 is 21.7 Å². The molecule has 0 bridgehead atoms. The highest BCUT2D eigenvalue weighted by Crippen LogP contribution is 2.29. The molecular weight excluding hydrogens is 425 g/mol. The highest BCUT2D eigenvalue weighted by Gasteiger charge is 2.33. The predicted octanol–water partition coefficient (Wildman–Crippen LogP) is 4.34. The Bertz CT molecular complexity index is 787. The molecule has 5 nitrogen and oxygen atoms in total. The van der Waals surface area contributed by atoms with Crippen LogP contribution in [-0.2, 0) is 12.7 Å². The number of anilines is 1. The summed E-state index contributed by atoms with van der Waals surface area (Å²) in [5, 5.41) is 3.12. The Labute approximate surface area is 164 Å². The lowest BCUT2D eigenvalue weighted by atomic mass is 10.0. The van der Waals surface area contributed by atoms with E-state index in [-0.39, 0.29) is 11.9 Å². The average molecular weight is 445 g/mol. The fourth-order valence-electron chi connectivity index (χ4n) is 3.18. The smallest absolute Gasteiger partial charge is 0.433 e. The first-order valence-corrected chi connectivity index (χ1v) is 9.35. The van der Waals surface area contributed by atoms with Gasteiger partial charge in [0.2, 0.25) is 0 Å². The maximum atomic E-state index is 12.8. The van der Waals surface area contributed by atoms with Crippen molar-refractivity contribution in [3.63, 3.8) is 0 Å². The molecule has 1 aromatic heterocycles. The van der Waals surface area contributed by atoms with E-state index in [2.05, 4.69) is 36.1 Å². The molecule has 1 saturated heterocycles. The number of halogens is 4. The molecule has 1 aliphatic rings. The number of rotatable bonds is 5. The zero-order chi connectivity index (χ0) is 19.4. The van der Waals surface area contributed by atoms with Gasteiger partial charge in [0.1, 0.15) is 23.6 Å². The molecule has 1 N–H and O–H groups in total. The summed E-state index contributed by atoms with van der Waals surface area (Å²) >= 11 is 3.49. The summed E-state index contributed by atoms with van der Waals surface area (Å²) in [6, 6.07) is 6.95. The van der Waals surface area contributed by atoms with Gasteiger partial charge >= 0.3 is 6.18 Å². The molecule has 0 saturated carbocycles. The first-order chi connectivity index (χ1) is 12.8. The van der Waals surface area contributed by atoms with E-state index in [0.717, 1.165) is 60.7 Å². The lowest BCUT2D eigenvalue weighted by Gasteiger charge is -2.33. The minimum Gasteiger partial charge on any atom is -0.496 e. The zero-order valence-electron chi connectivity index (χ0n) is 14.8. The Balaban J connectivity index is 1.62. The maximum absolute atomic E-state index is 12.8. The second kappa shape index (κ2) is 8.43. The molecule has 1 atom stereocenters. The monoisotopic (exact) mass is 444 g/mol. The predicted molar refractivity (Wildman–Crippen MR) is 99.6 cm³/mol. The van der Waals surface area contributed by atoms with Crippen LogP contribution in [0.5, 0.6) is 5.75 Å². The van der Waals surface area contributed by atoms with Gasteiger partial charge in [-0.25, -0.2) is 9.97 Å². The molecule has 146 valence electrons. The molecule has 0 amide bonds. The van der Waals surface area contributed by atoms with Gasteiger partial charge in [0.25, 0.3) is 0 Å². The number of hydrogen-bond acceptors (Lipinski definition) is 5. The Morgan fingerprint density at radius 1 is 1.30 bits per heavy atom. The van der Waals surface area contributed by atoms with E-state index >= 15 is 0 Å². The first-order valence-electron chi connectivity index (χ1n) is 8.55. The lowest BCUT2D eigenvalue weighted by Crippen LogP contribution is -2.41. The molecule has 0 radical (unpaired) electrons.